The second-order valence-electron chi connectivity index (χ2n) is 8.14. The Hall–Kier alpha value is -0.980. The molecule has 4 saturated heterocycles. The zero-order valence-electron chi connectivity index (χ0n) is 14.4. The fourth-order valence-corrected chi connectivity index (χ4v) is 4.49. The summed E-state index contributed by atoms with van der Waals surface area (Å²) in [5.41, 5.74) is -0.296. The van der Waals surface area contributed by atoms with E-state index in [-0.39, 0.29) is 29.8 Å². The molecule has 1 aromatic rings. The Morgan fingerprint density at radius 1 is 0.720 bits per heavy atom. The maximum Gasteiger partial charge on any atom is 0.0980 e. The lowest BCUT2D eigenvalue weighted by molar-refractivity contribution is -0.124. The van der Waals surface area contributed by atoms with Crippen LogP contribution in [-0.4, -0.2) is 55.9 Å². The molecule has 5 unspecified atom stereocenters. The molecular formula is C20H26O5. The van der Waals surface area contributed by atoms with E-state index in [4.69, 9.17) is 18.9 Å². The predicted octanol–water partition coefficient (Wildman–Crippen LogP) is 2.02. The SMILES string of the molecule is OC(CC1CO1)(c1ccccc1)C(CC1CO1)(CC1CO1)CC1CO1. The molecule has 4 heterocycles. The molecule has 4 fully saturated rings. The molecule has 5 atom stereocenters. The molecule has 0 aliphatic carbocycles. The molecule has 0 aromatic heterocycles. The van der Waals surface area contributed by atoms with Crippen molar-refractivity contribution in [1.29, 1.82) is 0 Å². The third-order valence-electron chi connectivity index (χ3n) is 6.12. The Bertz CT molecular complexity index is 568. The first-order chi connectivity index (χ1) is 12.2. The largest absolute Gasteiger partial charge is 0.384 e. The zero-order chi connectivity index (χ0) is 16.9. The van der Waals surface area contributed by atoms with Crippen molar-refractivity contribution in [1.82, 2.24) is 0 Å². The molecule has 0 saturated carbocycles. The van der Waals surface area contributed by atoms with E-state index < -0.39 is 5.60 Å². The quantitative estimate of drug-likeness (QED) is 0.656. The summed E-state index contributed by atoms with van der Waals surface area (Å²) in [5, 5.41) is 12.2. The van der Waals surface area contributed by atoms with E-state index in [1.165, 1.54) is 0 Å². The van der Waals surface area contributed by atoms with Gasteiger partial charge in [0.2, 0.25) is 0 Å². The molecule has 1 N–H and O–H groups in total. The van der Waals surface area contributed by atoms with E-state index in [9.17, 15) is 5.11 Å². The summed E-state index contributed by atoms with van der Waals surface area (Å²) in [6, 6.07) is 10.1. The van der Waals surface area contributed by atoms with Crippen LogP contribution in [0.3, 0.4) is 0 Å². The highest BCUT2D eigenvalue weighted by atomic mass is 16.6. The summed E-state index contributed by atoms with van der Waals surface area (Å²) in [4.78, 5) is 0. The van der Waals surface area contributed by atoms with E-state index in [1.807, 2.05) is 30.3 Å². The molecule has 4 aliphatic heterocycles. The van der Waals surface area contributed by atoms with Crippen molar-refractivity contribution in [3.63, 3.8) is 0 Å². The number of rotatable bonds is 10. The maximum absolute atomic E-state index is 12.2. The number of benzene rings is 1. The molecule has 0 spiro atoms. The van der Waals surface area contributed by atoms with Crippen molar-refractivity contribution < 1.29 is 24.1 Å². The van der Waals surface area contributed by atoms with Crippen LogP contribution in [0, 0.1) is 5.41 Å². The molecule has 5 heteroatoms. The minimum Gasteiger partial charge on any atom is -0.384 e. The molecule has 5 nitrogen and oxygen atoms in total. The number of hydrogen-bond acceptors (Lipinski definition) is 5. The van der Waals surface area contributed by atoms with Gasteiger partial charge in [-0.25, -0.2) is 0 Å². The fraction of sp³-hybridized carbons (Fsp3) is 0.700. The molecule has 5 rings (SSSR count). The molecule has 4 aliphatic rings. The summed E-state index contributed by atoms with van der Waals surface area (Å²) in [6.45, 7) is 3.13. The van der Waals surface area contributed by atoms with Gasteiger partial charge < -0.3 is 24.1 Å². The van der Waals surface area contributed by atoms with Gasteiger partial charge in [-0.15, -0.1) is 0 Å². The van der Waals surface area contributed by atoms with Crippen LogP contribution in [0.5, 0.6) is 0 Å². The first-order valence-corrected chi connectivity index (χ1v) is 9.41. The van der Waals surface area contributed by atoms with Gasteiger partial charge in [-0.2, -0.15) is 0 Å². The van der Waals surface area contributed by atoms with Gasteiger partial charge in [0.15, 0.2) is 0 Å². The molecule has 25 heavy (non-hydrogen) atoms. The summed E-state index contributed by atoms with van der Waals surface area (Å²) >= 11 is 0. The van der Waals surface area contributed by atoms with Gasteiger partial charge in [0, 0.05) is 11.8 Å². The number of epoxide rings is 4. The van der Waals surface area contributed by atoms with Gasteiger partial charge in [0.1, 0.15) is 0 Å². The van der Waals surface area contributed by atoms with Crippen LogP contribution in [0.1, 0.15) is 31.2 Å². The average Bonchev–Trinajstić information content (AvgIpc) is 3.46. The summed E-state index contributed by atoms with van der Waals surface area (Å²) in [7, 11) is 0. The third kappa shape index (κ3) is 3.49. The van der Waals surface area contributed by atoms with E-state index in [2.05, 4.69) is 0 Å². The molecule has 0 bridgehead atoms. The second kappa shape index (κ2) is 6.03. The van der Waals surface area contributed by atoms with E-state index in [1.54, 1.807) is 0 Å². The minimum atomic E-state index is -0.959. The molecule has 0 amide bonds. The van der Waals surface area contributed by atoms with Crippen LogP contribution >= 0.6 is 0 Å². The predicted molar refractivity (Wildman–Crippen MR) is 90.2 cm³/mol. The van der Waals surface area contributed by atoms with E-state index >= 15 is 0 Å². The lowest BCUT2D eigenvalue weighted by atomic mass is 9.59. The Labute approximate surface area is 148 Å². The van der Waals surface area contributed by atoms with Gasteiger partial charge in [-0.1, -0.05) is 30.3 Å². The van der Waals surface area contributed by atoms with Gasteiger partial charge >= 0.3 is 0 Å². The molecular weight excluding hydrogens is 320 g/mol. The highest BCUT2D eigenvalue weighted by Gasteiger charge is 2.59. The van der Waals surface area contributed by atoms with Crippen LogP contribution in [0.2, 0.25) is 0 Å². The number of aliphatic hydroxyl groups is 1. The highest BCUT2D eigenvalue weighted by Crippen LogP contribution is 2.57. The summed E-state index contributed by atoms with van der Waals surface area (Å²) in [5.74, 6) is 0. The van der Waals surface area contributed by atoms with Gasteiger partial charge in [-0.3, -0.25) is 0 Å². The van der Waals surface area contributed by atoms with Crippen LogP contribution in [0.25, 0.3) is 0 Å². The van der Waals surface area contributed by atoms with Crippen LogP contribution in [0.15, 0.2) is 30.3 Å². The fourth-order valence-electron chi connectivity index (χ4n) is 4.49. The van der Waals surface area contributed by atoms with Crippen molar-refractivity contribution in [3.05, 3.63) is 35.9 Å². The smallest absolute Gasteiger partial charge is 0.0980 e. The zero-order valence-corrected chi connectivity index (χ0v) is 14.4. The third-order valence-corrected chi connectivity index (χ3v) is 6.12. The summed E-state index contributed by atoms with van der Waals surface area (Å²) < 4.78 is 22.3. The monoisotopic (exact) mass is 346 g/mol. The Kier molecular flexibility index (Phi) is 3.91. The normalized spacial score (nSPS) is 37.0. The topological polar surface area (TPSA) is 70.3 Å². The van der Waals surface area contributed by atoms with Crippen LogP contribution in [-0.2, 0) is 24.5 Å². The van der Waals surface area contributed by atoms with Crippen molar-refractivity contribution in [2.24, 2.45) is 5.41 Å². The van der Waals surface area contributed by atoms with Crippen molar-refractivity contribution >= 4 is 0 Å². The van der Waals surface area contributed by atoms with Crippen molar-refractivity contribution in [3.8, 4) is 0 Å². The Morgan fingerprint density at radius 3 is 1.52 bits per heavy atom. The minimum absolute atomic E-state index is 0.143. The molecule has 136 valence electrons. The first kappa shape index (κ1) is 16.2. The lowest BCUT2D eigenvalue weighted by Gasteiger charge is -2.48. The number of ether oxygens (including phenoxy) is 4. The second-order valence-corrected chi connectivity index (χ2v) is 8.14. The highest BCUT2D eigenvalue weighted by molar-refractivity contribution is 5.27. The van der Waals surface area contributed by atoms with Crippen molar-refractivity contribution in [2.45, 2.75) is 55.7 Å². The number of hydrogen-bond donors (Lipinski definition) is 1. The Morgan fingerprint density at radius 2 is 1.12 bits per heavy atom. The standard InChI is InChI=1S/C20H26O5/c21-20(9-18-13-25-18,14-4-2-1-3-5-14)19(6-15-10-22-15,7-16-11-23-16)8-17-12-24-17/h1-5,15-18,21H,6-13H2. The maximum atomic E-state index is 12.2. The summed E-state index contributed by atoms with van der Waals surface area (Å²) in [6.07, 6.45) is 4.06. The van der Waals surface area contributed by atoms with Crippen LogP contribution < -0.4 is 0 Å². The van der Waals surface area contributed by atoms with Gasteiger partial charge in [0.25, 0.3) is 0 Å². The van der Waals surface area contributed by atoms with Gasteiger partial charge in [0.05, 0.1) is 56.4 Å². The Balaban J connectivity index is 1.55. The van der Waals surface area contributed by atoms with E-state index in [0.29, 0.717) is 6.42 Å². The lowest BCUT2D eigenvalue weighted by Crippen LogP contribution is -2.49. The van der Waals surface area contributed by atoms with Gasteiger partial charge in [-0.05, 0) is 24.8 Å². The molecule has 1 aromatic carbocycles. The average molecular weight is 346 g/mol. The van der Waals surface area contributed by atoms with Crippen molar-refractivity contribution in [2.75, 3.05) is 26.4 Å². The molecule has 0 radical (unpaired) electrons. The van der Waals surface area contributed by atoms with Crippen LogP contribution in [0.4, 0.5) is 0 Å². The first-order valence-electron chi connectivity index (χ1n) is 9.41. The van der Waals surface area contributed by atoms with E-state index in [0.717, 1.165) is 51.3 Å².